The Morgan fingerprint density at radius 3 is 2.54 bits per heavy atom. The van der Waals surface area contributed by atoms with Gasteiger partial charge in [0.1, 0.15) is 5.82 Å². The predicted octanol–water partition coefficient (Wildman–Crippen LogP) is 6.04. The molecule has 3 heterocycles. The standard InChI is InChI=1S/C30H37N5O.ClH/c31-23-14-16-35(19-23)29-24-9-5-2-6-10-26(24)33-27-12-11-21(17-25(27)29)22-13-15-32-28(18-22)34-30(36)20-7-3-1-4-8-20;/h11-13,15,17-18,20,23H,1-10,14,16,19,31H2,(H,32,34,36);1H/t23-;/m0./s1. The van der Waals surface area contributed by atoms with Crippen LogP contribution in [0.3, 0.4) is 0 Å². The highest BCUT2D eigenvalue weighted by atomic mass is 35.5. The van der Waals surface area contributed by atoms with E-state index in [9.17, 15) is 4.79 Å². The number of nitrogens with two attached hydrogens (primary N) is 1. The van der Waals surface area contributed by atoms with Crippen molar-refractivity contribution < 1.29 is 4.79 Å². The molecule has 2 aromatic heterocycles. The third-order valence-corrected chi connectivity index (χ3v) is 8.34. The van der Waals surface area contributed by atoms with Crippen molar-refractivity contribution in [2.24, 2.45) is 11.7 Å². The lowest BCUT2D eigenvalue weighted by Crippen LogP contribution is -2.27. The number of aromatic nitrogens is 2. The molecule has 2 fully saturated rings. The normalized spacial score (nSPS) is 20.2. The van der Waals surface area contributed by atoms with Gasteiger partial charge in [0.25, 0.3) is 0 Å². The zero-order chi connectivity index (χ0) is 24.5. The van der Waals surface area contributed by atoms with Crippen LogP contribution >= 0.6 is 12.4 Å². The Morgan fingerprint density at radius 2 is 1.73 bits per heavy atom. The number of benzene rings is 1. The number of anilines is 2. The fourth-order valence-electron chi connectivity index (χ4n) is 6.38. The van der Waals surface area contributed by atoms with E-state index < -0.39 is 0 Å². The van der Waals surface area contributed by atoms with Crippen LogP contribution in [0.5, 0.6) is 0 Å². The van der Waals surface area contributed by atoms with Crippen LogP contribution in [0.2, 0.25) is 0 Å². The number of aryl methyl sites for hydroxylation is 1. The maximum atomic E-state index is 12.8. The summed E-state index contributed by atoms with van der Waals surface area (Å²) in [6.07, 6.45) is 14.2. The molecule has 0 spiro atoms. The minimum Gasteiger partial charge on any atom is -0.369 e. The molecule has 196 valence electrons. The molecule has 6 rings (SSSR count). The number of rotatable bonds is 4. The molecule has 0 bridgehead atoms. The fraction of sp³-hybridized carbons (Fsp3) is 0.500. The minimum absolute atomic E-state index is 0. The van der Waals surface area contributed by atoms with E-state index in [0.717, 1.165) is 74.7 Å². The number of fused-ring (bicyclic) bond motifs is 2. The first-order valence-corrected chi connectivity index (χ1v) is 13.9. The van der Waals surface area contributed by atoms with Crippen LogP contribution in [0.15, 0.2) is 36.5 Å². The first-order chi connectivity index (χ1) is 17.7. The van der Waals surface area contributed by atoms with Gasteiger partial charge in [-0.3, -0.25) is 9.78 Å². The molecule has 3 aliphatic rings. The Kier molecular flexibility index (Phi) is 7.96. The largest absolute Gasteiger partial charge is 0.369 e. The summed E-state index contributed by atoms with van der Waals surface area (Å²) in [5, 5.41) is 4.30. The molecule has 3 N–H and O–H groups in total. The van der Waals surface area contributed by atoms with E-state index in [4.69, 9.17) is 10.7 Å². The molecule has 0 unspecified atom stereocenters. The molecule has 6 nitrogen and oxygen atoms in total. The zero-order valence-corrected chi connectivity index (χ0v) is 22.4. The van der Waals surface area contributed by atoms with Gasteiger partial charge in [0, 0.05) is 42.3 Å². The molecule has 1 amide bonds. The Morgan fingerprint density at radius 1 is 0.946 bits per heavy atom. The average Bonchev–Trinajstić information content (AvgIpc) is 3.20. The second kappa shape index (κ2) is 11.4. The molecular formula is C30H38ClN5O. The Hall–Kier alpha value is -2.70. The highest BCUT2D eigenvalue weighted by molar-refractivity contribution is 5.97. The van der Waals surface area contributed by atoms with Gasteiger partial charge in [-0.15, -0.1) is 12.4 Å². The van der Waals surface area contributed by atoms with E-state index in [1.807, 2.05) is 12.1 Å². The van der Waals surface area contributed by atoms with Gasteiger partial charge in [0.05, 0.1) is 11.2 Å². The maximum Gasteiger partial charge on any atom is 0.228 e. The average molecular weight is 520 g/mol. The third-order valence-electron chi connectivity index (χ3n) is 8.34. The van der Waals surface area contributed by atoms with E-state index >= 15 is 0 Å². The zero-order valence-electron chi connectivity index (χ0n) is 21.5. The van der Waals surface area contributed by atoms with Gasteiger partial charge in [-0.1, -0.05) is 31.7 Å². The maximum absolute atomic E-state index is 12.8. The van der Waals surface area contributed by atoms with Crippen LogP contribution in [0.25, 0.3) is 22.0 Å². The van der Waals surface area contributed by atoms with Gasteiger partial charge in [0.15, 0.2) is 0 Å². The lowest BCUT2D eigenvalue weighted by Gasteiger charge is -2.25. The molecule has 37 heavy (non-hydrogen) atoms. The monoisotopic (exact) mass is 519 g/mol. The summed E-state index contributed by atoms with van der Waals surface area (Å²) in [7, 11) is 0. The summed E-state index contributed by atoms with van der Waals surface area (Å²) in [5.74, 6) is 0.854. The number of halogens is 1. The predicted molar refractivity (Wildman–Crippen MR) is 153 cm³/mol. The number of amides is 1. The molecule has 0 radical (unpaired) electrons. The fourth-order valence-corrected chi connectivity index (χ4v) is 6.38. The van der Waals surface area contributed by atoms with E-state index in [-0.39, 0.29) is 30.3 Å². The number of nitrogens with one attached hydrogen (secondary N) is 1. The van der Waals surface area contributed by atoms with Gasteiger partial charge in [-0.05, 0) is 85.9 Å². The Labute approximate surface area is 225 Å². The van der Waals surface area contributed by atoms with Crippen molar-refractivity contribution in [1.29, 1.82) is 0 Å². The molecule has 2 aliphatic carbocycles. The van der Waals surface area contributed by atoms with E-state index in [2.05, 4.69) is 33.4 Å². The lowest BCUT2D eigenvalue weighted by molar-refractivity contribution is -0.120. The highest BCUT2D eigenvalue weighted by Crippen LogP contribution is 2.39. The van der Waals surface area contributed by atoms with Gasteiger partial charge in [-0.2, -0.15) is 0 Å². The number of hydrogen-bond acceptors (Lipinski definition) is 5. The lowest BCUT2D eigenvalue weighted by atomic mass is 9.89. The summed E-state index contributed by atoms with van der Waals surface area (Å²) in [4.78, 5) is 24.9. The molecule has 7 heteroatoms. The smallest absolute Gasteiger partial charge is 0.228 e. The van der Waals surface area contributed by atoms with Crippen molar-refractivity contribution in [2.75, 3.05) is 23.3 Å². The molecule has 1 aromatic carbocycles. The summed E-state index contributed by atoms with van der Waals surface area (Å²) in [5.41, 5.74) is 13.7. The number of carbonyl (C=O) groups is 1. The van der Waals surface area contributed by atoms with Crippen molar-refractivity contribution in [1.82, 2.24) is 9.97 Å². The second-order valence-corrected chi connectivity index (χ2v) is 10.9. The van der Waals surface area contributed by atoms with E-state index in [0.29, 0.717) is 5.82 Å². The molecular weight excluding hydrogens is 482 g/mol. The van der Waals surface area contributed by atoms with Crippen LogP contribution in [-0.4, -0.2) is 35.0 Å². The van der Waals surface area contributed by atoms with Crippen molar-refractivity contribution in [3.63, 3.8) is 0 Å². The van der Waals surface area contributed by atoms with Crippen LogP contribution in [0, 0.1) is 5.92 Å². The first-order valence-electron chi connectivity index (χ1n) is 13.9. The molecule has 1 atom stereocenters. The molecule has 1 saturated heterocycles. The van der Waals surface area contributed by atoms with Crippen LogP contribution < -0.4 is 16.0 Å². The SMILES string of the molecule is Cl.N[C@H]1CCN(c2c3c(nc4ccc(-c5ccnc(NC(=O)C6CCCCC6)c5)cc24)CCCCC3)C1. The molecule has 3 aromatic rings. The summed E-state index contributed by atoms with van der Waals surface area (Å²) in [6.45, 7) is 1.91. The van der Waals surface area contributed by atoms with Gasteiger partial charge >= 0.3 is 0 Å². The van der Waals surface area contributed by atoms with Gasteiger partial charge < -0.3 is 16.0 Å². The Balaban J connectivity index is 0.00000280. The highest BCUT2D eigenvalue weighted by Gasteiger charge is 2.27. The van der Waals surface area contributed by atoms with Crippen molar-refractivity contribution >= 4 is 40.7 Å². The quantitative estimate of drug-likeness (QED) is 0.410. The van der Waals surface area contributed by atoms with E-state index in [1.165, 1.54) is 48.0 Å². The molecule has 1 saturated carbocycles. The summed E-state index contributed by atoms with van der Waals surface area (Å²) in [6, 6.07) is 10.9. The van der Waals surface area contributed by atoms with E-state index in [1.54, 1.807) is 6.20 Å². The first kappa shape index (κ1) is 25.9. The van der Waals surface area contributed by atoms with Crippen molar-refractivity contribution in [2.45, 2.75) is 76.7 Å². The number of pyridine rings is 2. The third kappa shape index (κ3) is 5.46. The van der Waals surface area contributed by atoms with Crippen molar-refractivity contribution in [3.8, 4) is 11.1 Å². The van der Waals surface area contributed by atoms with Crippen LogP contribution in [-0.2, 0) is 17.6 Å². The number of carbonyl (C=O) groups excluding carboxylic acids is 1. The number of hydrogen-bond donors (Lipinski definition) is 2. The summed E-state index contributed by atoms with van der Waals surface area (Å²) < 4.78 is 0. The van der Waals surface area contributed by atoms with Crippen molar-refractivity contribution in [3.05, 3.63) is 47.8 Å². The van der Waals surface area contributed by atoms with Gasteiger partial charge in [0.2, 0.25) is 5.91 Å². The van der Waals surface area contributed by atoms with Gasteiger partial charge in [-0.25, -0.2) is 4.98 Å². The summed E-state index contributed by atoms with van der Waals surface area (Å²) >= 11 is 0. The topological polar surface area (TPSA) is 84.1 Å². The van der Waals surface area contributed by atoms with Crippen LogP contribution in [0.1, 0.15) is 69.0 Å². The van der Waals surface area contributed by atoms with Crippen LogP contribution in [0.4, 0.5) is 11.5 Å². The number of nitrogens with zero attached hydrogens (tertiary/aromatic N) is 3. The minimum atomic E-state index is 0. The molecule has 1 aliphatic heterocycles. The second-order valence-electron chi connectivity index (χ2n) is 10.9. The Bertz CT molecular complexity index is 1270.